The first-order valence-electron chi connectivity index (χ1n) is 5.91. The number of pyridine rings is 1. The maximum absolute atomic E-state index is 4.76. The van der Waals surface area contributed by atoms with Crippen molar-refractivity contribution in [1.82, 2.24) is 14.7 Å². The summed E-state index contributed by atoms with van der Waals surface area (Å²) in [5.41, 5.74) is 4.93. The zero-order valence-electron chi connectivity index (χ0n) is 9.83. The lowest BCUT2D eigenvalue weighted by Crippen LogP contribution is -2.08. The molecule has 3 nitrogen and oxygen atoms in total. The summed E-state index contributed by atoms with van der Waals surface area (Å²) in [6.45, 7) is 6.49. The van der Waals surface area contributed by atoms with Crippen LogP contribution in [0.25, 0.3) is 5.65 Å². The number of hydrogen-bond donors (Lipinski definition) is 1. The number of imidazole rings is 1. The van der Waals surface area contributed by atoms with Crippen molar-refractivity contribution in [2.24, 2.45) is 0 Å². The van der Waals surface area contributed by atoms with Crippen LogP contribution in [0.2, 0.25) is 0 Å². The van der Waals surface area contributed by atoms with Crippen LogP contribution in [-0.4, -0.2) is 22.5 Å². The Balaban J connectivity index is 2.15. The van der Waals surface area contributed by atoms with Crippen molar-refractivity contribution in [2.75, 3.05) is 13.1 Å². The number of nitrogens with one attached hydrogen (secondary N) is 1. The third-order valence-corrected chi connectivity index (χ3v) is 3.49. The minimum Gasteiger partial charge on any atom is -0.316 e. The summed E-state index contributed by atoms with van der Waals surface area (Å²) >= 11 is 0. The van der Waals surface area contributed by atoms with Crippen molar-refractivity contribution >= 4 is 5.65 Å². The predicted octanol–water partition coefficient (Wildman–Crippen LogP) is 2.03. The van der Waals surface area contributed by atoms with Gasteiger partial charge in [0.15, 0.2) is 0 Å². The van der Waals surface area contributed by atoms with E-state index in [-0.39, 0.29) is 0 Å². The largest absolute Gasteiger partial charge is 0.316 e. The number of hydrogen-bond acceptors (Lipinski definition) is 2. The number of aryl methyl sites for hydroxylation is 2. The van der Waals surface area contributed by atoms with Gasteiger partial charge in [-0.15, -0.1) is 0 Å². The molecule has 1 unspecified atom stereocenters. The van der Waals surface area contributed by atoms with Gasteiger partial charge in [0, 0.05) is 24.4 Å². The Labute approximate surface area is 95.5 Å². The van der Waals surface area contributed by atoms with Crippen LogP contribution in [0.5, 0.6) is 0 Å². The fraction of sp³-hybridized carbons (Fsp3) is 0.462. The smallest absolute Gasteiger partial charge is 0.137 e. The standard InChI is InChI=1S/C13H17N3/c1-9-3-4-12-15-13(10(2)16(12)8-9)11-5-6-14-7-11/h3-4,8,11,14H,5-7H2,1-2H3. The minimum absolute atomic E-state index is 0.597. The number of aromatic nitrogens is 2. The van der Waals surface area contributed by atoms with E-state index in [4.69, 9.17) is 4.98 Å². The summed E-state index contributed by atoms with van der Waals surface area (Å²) in [4.78, 5) is 4.76. The molecule has 16 heavy (non-hydrogen) atoms. The first-order chi connectivity index (χ1) is 7.75. The molecule has 84 valence electrons. The van der Waals surface area contributed by atoms with Crippen LogP contribution in [0.3, 0.4) is 0 Å². The van der Waals surface area contributed by atoms with Gasteiger partial charge in [-0.3, -0.25) is 0 Å². The third-order valence-electron chi connectivity index (χ3n) is 3.49. The molecular weight excluding hydrogens is 198 g/mol. The third kappa shape index (κ3) is 1.43. The highest BCUT2D eigenvalue weighted by Gasteiger charge is 2.22. The van der Waals surface area contributed by atoms with E-state index < -0.39 is 0 Å². The Morgan fingerprint density at radius 1 is 1.38 bits per heavy atom. The topological polar surface area (TPSA) is 29.3 Å². The summed E-state index contributed by atoms with van der Waals surface area (Å²) in [5, 5.41) is 3.40. The van der Waals surface area contributed by atoms with E-state index in [1.807, 2.05) is 0 Å². The first-order valence-corrected chi connectivity index (χ1v) is 5.91. The van der Waals surface area contributed by atoms with Gasteiger partial charge in [0.1, 0.15) is 5.65 Å². The summed E-state index contributed by atoms with van der Waals surface area (Å²) in [6, 6.07) is 4.23. The van der Waals surface area contributed by atoms with Crippen molar-refractivity contribution in [3.8, 4) is 0 Å². The zero-order valence-corrected chi connectivity index (χ0v) is 9.83. The number of rotatable bonds is 1. The average Bonchev–Trinajstić information content (AvgIpc) is 2.87. The second kappa shape index (κ2) is 3.59. The molecule has 0 amide bonds. The maximum Gasteiger partial charge on any atom is 0.137 e. The molecule has 1 aliphatic rings. The summed E-state index contributed by atoms with van der Waals surface area (Å²) in [6.07, 6.45) is 3.38. The SMILES string of the molecule is Cc1ccc2nc(C3CCNC3)c(C)n2c1. The molecule has 3 heteroatoms. The number of nitrogens with zero attached hydrogens (tertiary/aromatic N) is 2. The Morgan fingerprint density at radius 3 is 3.00 bits per heavy atom. The van der Waals surface area contributed by atoms with Crippen molar-refractivity contribution in [3.63, 3.8) is 0 Å². The van der Waals surface area contributed by atoms with E-state index in [1.54, 1.807) is 0 Å². The molecule has 1 fully saturated rings. The van der Waals surface area contributed by atoms with Crippen LogP contribution >= 0.6 is 0 Å². The van der Waals surface area contributed by atoms with Crippen LogP contribution < -0.4 is 5.32 Å². The second-order valence-electron chi connectivity index (χ2n) is 4.71. The normalized spacial score (nSPS) is 20.8. The molecule has 0 aromatic carbocycles. The lowest BCUT2D eigenvalue weighted by atomic mass is 10.0. The molecule has 2 aromatic rings. The molecule has 0 aliphatic carbocycles. The highest BCUT2D eigenvalue weighted by atomic mass is 15.0. The molecule has 1 N–H and O–H groups in total. The molecule has 3 heterocycles. The van der Waals surface area contributed by atoms with Crippen molar-refractivity contribution in [3.05, 3.63) is 35.3 Å². The zero-order chi connectivity index (χ0) is 11.1. The van der Waals surface area contributed by atoms with Gasteiger partial charge in [0.05, 0.1) is 5.69 Å². The predicted molar refractivity (Wildman–Crippen MR) is 64.9 cm³/mol. The first kappa shape index (κ1) is 9.85. The van der Waals surface area contributed by atoms with Gasteiger partial charge in [-0.05, 0) is 38.4 Å². The molecule has 0 spiro atoms. The van der Waals surface area contributed by atoms with E-state index in [0.29, 0.717) is 5.92 Å². The molecule has 0 bridgehead atoms. The van der Waals surface area contributed by atoms with E-state index in [0.717, 1.165) is 18.7 Å². The van der Waals surface area contributed by atoms with E-state index in [1.165, 1.54) is 23.4 Å². The van der Waals surface area contributed by atoms with Crippen LogP contribution in [0, 0.1) is 13.8 Å². The Hall–Kier alpha value is -1.35. The van der Waals surface area contributed by atoms with E-state index in [9.17, 15) is 0 Å². The lowest BCUT2D eigenvalue weighted by Gasteiger charge is -2.05. The maximum atomic E-state index is 4.76. The second-order valence-corrected chi connectivity index (χ2v) is 4.71. The van der Waals surface area contributed by atoms with Crippen molar-refractivity contribution in [1.29, 1.82) is 0 Å². The Morgan fingerprint density at radius 2 is 2.25 bits per heavy atom. The van der Waals surface area contributed by atoms with Crippen LogP contribution in [0.15, 0.2) is 18.3 Å². The number of fused-ring (bicyclic) bond motifs is 1. The fourth-order valence-electron chi connectivity index (χ4n) is 2.56. The Bertz CT molecular complexity index is 521. The van der Waals surface area contributed by atoms with Gasteiger partial charge in [0.25, 0.3) is 0 Å². The van der Waals surface area contributed by atoms with Crippen LogP contribution in [0.4, 0.5) is 0 Å². The van der Waals surface area contributed by atoms with Crippen molar-refractivity contribution in [2.45, 2.75) is 26.2 Å². The molecule has 0 saturated carbocycles. The Kier molecular flexibility index (Phi) is 2.21. The lowest BCUT2D eigenvalue weighted by molar-refractivity contribution is 0.734. The molecule has 2 aromatic heterocycles. The molecule has 1 saturated heterocycles. The van der Waals surface area contributed by atoms with Gasteiger partial charge in [-0.1, -0.05) is 6.07 Å². The molecular formula is C13H17N3. The summed E-state index contributed by atoms with van der Waals surface area (Å²) < 4.78 is 2.21. The minimum atomic E-state index is 0.597. The summed E-state index contributed by atoms with van der Waals surface area (Å²) in [7, 11) is 0. The summed E-state index contributed by atoms with van der Waals surface area (Å²) in [5.74, 6) is 0.597. The fourth-order valence-corrected chi connectivity index (χ4v) is 2.56. The van der Waals surface area contributed by atoms with Crippen LogP contribution in [-0.2, 0) is 0 Å². The quantitative estimate of drug-likeness (QED) is 0.788. The van der Waals surface area contributed by atoms with Gasteiger partial charge >= 0.3 is 0 Å². The van der Waals surface area contributed by atoms with E-state index in [2.05, 4.69) is 41.9 Å². The molecule has 1 atom stereocenters. The van der Waals surface area contributed by atoms with Gasteiger partial charge in [-0.25, -0.2) is 4.98 Å². The van der Waals surface area contributed by atoms with Crippen LogP contribution in [0.1, 0.15) is 29.3 Å². The highest BCUT2D eigenvalue weighted by molar-refractivity contribution is 5.45. The monoisotopic (exact) mass is 215 g/mol. The molecule has 1 aliphatic heterocycles. The van der Waals surface area contributed by atoms with Crippen molar-refractivity contribution < 1.29 is 0 Å². The highest BCUT2D eigenvalue weighted by Crippen LogP contribution is 2.25. The molecule has 0 radical (unpaired) electrons. The van der Waals surface area contributed by atoms with Gasteiger partial charge in [-0.2, -0.15) is 0 Å². The van der Waals surface area contributed by atoms with E-state index >= 15 is 0 Å². The average molecular weight is 215 g/mol. The van der Waals surface area contributed by atoms with Gasteiger partial charge in [0.2, 0.25) is 0 Å². The van der Waals surface area contributed by atoms with Gasteiger partial charge < -0.3 is 9.72 Å². The molecule has 3 rings (SSSR count).